The number of ether oxygens (including phenoxy) is 1. The van der Waals surface area contributed by atoms with Crippen LogP contribution in [0.3, 0.4) is 0 Å². The van der Waals surface area contributed by atoms with Crippen LogP contribution in [0.1, 0.15) is 16.7 Å². The second kappa shape index (κ2) is 6.71. The fourth-order valence-electron chi connectivity index (χ4n) is 2.16. The summed E-state index contributed by atoms with van der Waals surface area (Å²) in [4.78, 5) is 1.27. The van der Waals surface area contributed by atoms with Crippen molar-refractivity contribution >= 4 is 17.4 Å². The molecule has 0 saturated heterocycles. The maximum Gasteiger partial charge on any atom is 0.119 e. The third-order valence-electron chi connectivity index (χ3n) is 3.00. The van der Waals surface area contributed by atoms with Crippen LogP contribution in [-0.4, -0.2) is 12.4 Å². The third-order valence-corrected chi connectivity index (χ3v) is 4.14. The SMILES string of the molecule is Cc1cc(C)cc(OCCSc2ccc(N)cc2C)c1. The molecule has 2 rings (SSSR count). The summed E-state index contributed by atoms with van der Waals surface area (Å²) in [6, 6.07) is 12.3. The van der Waals surface area contributed by atoms with E-state index in [2.05, 4.69) is 45.0 Å². The predicted octanol–water partition coefficient (Wildman–Crippen LogP) is 4.37. The summed E-state index contributed by atoms with van der Waals surface area (Å²) in [5.74, 6) is 1.88. The topological polar surface area (TPSA) is 35.2 Å². The van der Waals surface area contributed by atoms with Gasteiger partial charge in [-0.3, -0.25) is 0 Å². The second-order valence-corrected chi connectivity index (χ2v) is 6.18. The quantitative estimate of drug-likeness (QED) is 0.504. The van der Waals surface area contributed by atoms with Crippen LogP contribution in [0.5, 0.6) is 5.75 Å². The van der Waals surface area contributed by atoms with Crippen LogP contribution in [0.25, 0.3) is 0 Å². The van der Waals surface area contributed by atoms with Gasteiger partial charge in [0, 0.05) is 16.3 Å². The molecule has 0 aliphatic heterocycles. The fourth-order valence-corrected chi connectivity index (χ4v) is 3.00. The van der Waals surface area contributed by atoms with Crippen LogP contribution in [0.4, 0.5) is 5.69 Å². The number of nitrogens with two attached hydrogens (primary N) is 1. The van der Waals surface area contributed by atoms with E-state index in [9.17, 15) is 0 Å². The Hall–Kier alpha value is -1.61. The number of aryl methyl sites for hydroxylation is 3. The zero-order valence-electron chi connectivity index (χ0n) is 12.3. The molecule has 2 nitrogen and oxygen atoms in total. The van der Waals surface area contributed by atoms with Gasteiger partial charge in [0.2, 0.25) is 0 Å². The third kappa shape index (κ3) is 4.20. The molecule has 0 bridgehead atoms. The van der Waals surface area contributed by atoms with Crippen molar-refractivity contribution in [3.63, 3.8) is 0 Å². The van der Waals surface area contributed by atoms with Gasteiger partial charge >= 0.3 is 0 Å². The smallest absolute Gasteiger partial charge is 0.119 e. The average Bonchev–Trinajstić information content (AvgIpc) is 2.35. The zero-order chi connectivity index (χ0) is 14.5. The molecule has 0 aliphatic carbocycles. The Kier molecular flexibility index (Phi) is 4.96. The normalized spacial score (nSPS) is 10.6. The van der Waals surface area contributed by atoms with Gasteiger partial charge < -0.3 is 10.5 Å². The lowest BCUT2D eigenvalue weighted by molar-refractivity contribution is 0.343. The standard InChI is InChI=1S/C17H21NOS/c1-12-8-13(2)10-16(9-12)19-6-7-20-17-5-4-15(18)11-14(17)3/h4-5,8-11H,6-7,18H2,1-3H3. The van der Waals surface area contributed by atoms with Crippen LogP contribution < -0.4 is 10.5 Å². The van der Waals surface area contributed by atoms with Gasteiger partial charge in [0.25, 0.3) is 0 Å². The van der Waals surface area contributed by atoms with E-state index in [1.54, 1.807) is 11.8 Å². The minimum Gasteiger partial charge on any atom is -0.493 e. The summed E-state index contributed by atoms with van der Waals surface area (Å²) < 4.78 is 5.81. The Morgan fingerprint density at radius 1 is 1.00 bits per heavy atom. The van der Waals surface area contributed by atoms with E-state index in [1.165, 1.54) is 21.6 Å². The molecule has 3 heteroatoms. The minimum absolute atomic E-state index is 0.706. The largest absolute Gasteiger partial charge is 0.493 e. The Morgan fingerprint density at radius 2 is 1.70 bits per heavy atom. The van der Waals surface area contributed by atoms with Crippen LogP contribution >= 0.6 is 11.8 Å². The van der Waals surface area contributed by atoms with E-state index in [0.717, 1.165) is 17.2 Å². The molecular weight excluding hydrogens is 266 g/mol. The summed E-state index contributed by atoms with van der Waals surface area (Å²) >= 11 is 1.80. The van der Waals surface area contributed by atoms with E-state index in [0.29, 0.717) is 6.61 Å². The number of hydrogen-bond donors (Lipinski definition) is 1. The van der Waals surface area contributed by atoms with Crippen molar-refractivity contribution in [2.75, 3.05) is 18.1 Å². The lowest BCUT2D eigenvalue weighted by Crippen LogP contribution is -2.01. The highest BCUT2D eigenvalue weighted by Gasteiger charge is 2.01. The number of benzene rings is 2. The van der Waals surface area contributed by atoms with Gasteiger partial charge in [-0.25, -0.2) is 0 Å². The zero-order valence-corrected chi connectivity index (χ0v) is 13.1. The van der Waals surface area contributed by atoms with Crippen molar-refractivity contribution in [2.24, 2.45) is 0 Å². The highest BCUT2D eigenvalue weighted by Crippen LogP contribution is 2.24. The number of hydrogen-bond acceptors (Lipinski definition) is 3. The van der Waals surface area contributed by atoms with Gasteiger partial charge in [0.05, 0.1) is 6.61 Å². The first-order chi connectivity index (χ1) is 9.54. The summed E-state index contributed by atoms with van der Waals surface area (Å²) in [6.07, 6.45) is 0. The fraction of sp³-hybridized carbons (Fsp3) is 0.294. The molecule has 0 amide bonds. The lowest BCUT2D eigenvalue weighted by Gasteiger charge is -2.09. The molecule has 106 valence electrons. The number of thioether (sulfide) groups is 1. The molecule has 0 saturated carbocycles. The maximum atomic E-state index is 5.81. The molecule has 2 aromatic rings. The summed E-state index contributed by atoms with van der Waals surface area (Å²) in [7, 11) is 0. The van der Waals surface area contributed by atoms with Crippen LogP contribution in [0, 0.1) is 20.8 Å². The van der Waals surface area contributed by atoms with Gasteiger partial charge in [-0.1, -0.05) is 6.07 Å². The predicted molar refractivity (Wildman–Crippen MR) is 87.7 cm³/mol. The maximum absolute atomic E-state index is 5.81. The lowest BCUT2D eigenvalue weighted by atomic mass is 10.1. The first kappa shape index (κ1) is 14.8. The van der Waals surface area contributed by atoms with Crippen LogP contribution in [-0.2, 0) is 0 Å². The molecule has 0 spiro atoms. The summed E-state index contributed by atoms with van der Waals surface area (Å²) in [6.45, 7) is 6.97. The van der Waals surface area contributed by atoms with E-state index < -0.39 is 0 Å². The van der Waals surface area contributed by atoms with Crippen molar-refractivity contribution in [1.29, 1.82) is 0 Å². The number of rotatable bonds is 5. The van der Waals surface area contributed by atoms with Gasteiger partial charge in [0.1, 0.15) is 5.75 Å². The van der Waals surface area contributed by atoms with Crippen molar-refractivity contribution in [3.05, 3.63) is 53.1 Å². The van der Waals surface area contributed by atoms with Gasteiger partial charge in [0.15, 0.2) is 0 Å². The van der Waals surface area contributed by atoms with E-state index in [1.807, 2.05) is 12.1 Å². The molecule has 0 unspecified atom stereocenters. The molecule has 2 N–H and O–H groups in total. The molecule has 0 fully saturated rings. The molecular formula is C17H21NOS. The van der Waals surface area contributed by atoms with Crippen LogP contribution in [0.15, 0.2) is 41.3 Å². The monoisotopic (exact) mass is 287 g/mol. The highest BCUT2D eigenvalue weighted by atomic mass is 32.2. The van der Waals surface area contributed by atoms with Crippen LogP contribution in [0.2, 0.25) is 0 Å². The summed E-state index contributed by atoms with van der Waals surface area (Å²) in [5.41, 5.74) is 10.3. The number of nitrogen functional groups attached to an aromatic ring is 1. The van der Waals surface area contributed by atoms with Gasteiger partial charge in [-0.05, 0) is 67.8 Å². The summed E-state index contributed by atoms with van der Waals surface area (Å²) in [5, 5.41) is 0. The molecule has 0 aliphatic rings. The highest BCUT2D eigenvalue weighted by molar-refractivity contribution is 7.99. The Bertz CT molecular complexity index is 575. The second-order valence-electron chi connectivity index (χ2n) is 5.05. The van der Waals surface area contributed by atoms with Gasteiger partial charge in [-0.15, -0.1) is 11.8 Å². The minimum atomic E-state index is 0.706. The molecule has 0 aromatic heterocycles. The van der Waals surface area contributed by atoms with Crippen molar-refractivity contribution < 1.29 is 4.74 Å². The van der Waals surface area contributed by atoms with Crippen molar-refractivity contribution in [3.8, 4) is 5.75 Å². The van der Waals surface area contributed by atoms with Crippen molar-refractivity contribution in [1.82, 2.24) is 0 Å². The average molecular weight is 287 g/mol. The molecule has 0 radical (unpaired) electrons. The molecule has 20 heavy (non-hydrogen) atoms. The number of anilines is 1. The molecule has 0 atom stereocenters. The first-order valence-electron chi connectivity index (χ1n) is 6.74. The first-order valence-corrected chi connectivity index (χ1v) is 7.73. The van der Waals surface area contributed by atoms with E-state index >= 15 is 0 Å². The van der Waals surface area contributed by atoms with Gasteiger partial charge in [-0.2, -0.15) is 0 Å². The van der Waals surface area contributed by atoms with E-state index in [-0.39, 0.29) is 0 Å². The Labute approximate surface area is 125 Å². The molecule has 2 aromatic carbocycles. The Morgan fingerprint density at radius 3 is 2.35 bits per heavy atom. The van der Waals surface area contributed by atoms with Crippen molar-refractivity contribution in [2.45, 2.75) is 25.7 Å². The molecule has 0 heterocycles. The van der Waals surface area contributed by atoms with E-state index in [4.69, 9.17) is 10.5 Å². The Balaban J connectivity index is 1.84.